The number of amides is 1. The Hall–Kier alpha value is -2.54. The Labute approximate surface area is 118 Å². The van der Waals surface area contributed by atoms with Gasteiger partial charge in [-0.3, -0.25) is 9.78 Å². The molecule has 0 spiro atoms. The van der Waals surface area contributed by atoms with Crippen molar-refractivity contribution in [1.82, 2.24) is 9.97 Å². The van der Waals surface area contributed by atoms with E-state index in [1.165, 1.54) is 18.0 Å². The quantitative estimate of drug-likeness (QED) is 0.713. The van der Waals surface area contributed by atoms with Gasteiger partial charge >= 0.3 is 0 Å². The van der Waals surface area contributed by atoms with Crippen molar-refractivity contribution < 1.29 is 9.21 Å². The molecule has 0 aliphatic heterocycles. The van der Waals surface area contributed by atoms with Gasteiger partial charge < -0.3 is 15.9 Å². The first kappa shape index (κ1) is 12.5. The topological polar surface area (TPSA) is 108 Å². The zero-order chi connectivity index (χ0) is 14.1. The normalized spacial score (nSPS) is 10.8. The Bertz CT molecular complexity index is 800. The summed E-state index contributed by atoms with van der Waals surface area (Å²) in [4.78, 5) is 20.1. The number of aromatic nitrogens is 2. The van der Waals surface area contributed by atoms with Gasteiger partial charge in [0.2, 0.25) is 0 Å². The molecule has 0 aliphatic rings. The minimum absolute atomic E-state index is 0.204. The minimum Gasteiger partial charge on any atom is -0.431 e. The summed E-state index contributed by atoms with van der Waals surface area (Å²) in [7, 11) is 0. The van der Waals surface area contributed by atoms with Crippen LogP contribution in [0.2, 0.25) is 0 Å². The zero-order valence-corrected chi connectivity index (χ0v) is 11.1. The number of rotatable bonds is 3. The maximum Gasteiger partial charge on any atom is 0.267 e. The van der Waals surface area contributed by atoms with Crippen LogP contribution in [0.15, 0.2) is 51.1 Å². The third-order valence-electron chi connectivity index (χ3n) is 2.58. The molecule has 3 aromatic rings. The fourth-order valence-electron chi connectivity index (χ4n) is 1.67. The molecule has 100 valence electrons. The van der Waals surface area contributed by atoms with Crippen molar-refractivity contribution in [3.8, 4) is 0 Å². The summed E-state index contributed by atoms with van der Waals surface area (Å²) in [5.41, 5.74) is 13.0. The lowest BCUT2D eigenvalue weighted by Crippen LogP contribution is -2.12. The summed E-state index contributed by atoms with van der Waals surface area (Å²) in [5, 5.41) is 0.465. The molecule has 0 radical (unpaired) electrons. The maximum atomic E-state index is 11.1. The van der Waals surface area contributed by atoms with Crippen molar-refractivity contribution in [2.45, 2.75) is 10.1 Å². The van der Waals surface area contributed by atoms with Crippen LogP contribution in [0.1, 0.15) is 10.5 Å². The number of oxazole rings is 1. The SMILES string of the molecule is NC(=O)c1cc(Sc2nc3ccc(N)cc3o2)ccn1. The molecule has 0 bridgehead atoms. The van der Waals surface area contributed by atoms with Crippen molar-refractivity contribution in [3.63, 3.8) is 0 Å². The molecule has 3 rings (SSSR count). The standard InChI is InChI=1S/C13H10N4O2S/c14-7-1-2-9-11(5-7)19-13(17-9)20-8-3-4-16-10(6-8)12(15)18/h1-6H,14H2,(H2,15,18). The second kappa shape index (κ2) is 4.86. The number of primary amides is 1. The van der Waals surface area contributed by atoms with E-state index < -0.39 is 5.91 Å². The van der Waals surface area contributed by atoms with Crippen molar-refractivity contribution in [3.05, 3.63) is 42.2 Å². The highest BCUT2D eigenvalue weighted by molar-refractivity contribution is 7.99. The predicted molar refractivity (Wildman–Crippen MR) is 75.3 cm³/mol. The monoisotopic (exact) mass is 286 g/mol. The molecular formula is C13H10N4O2S. The van der Waals surface area contributed by atoms with E-state index in [0.29, 0.717) is 16.5 Å². The number of carbonyl (C=O) groups excluding carboxylic acids is 1. The molecule has 0 fully saturated rings. The van der Waals surface area contributed by atoms with E-state index in [0.717, 1.165) is 10.4 Å². The maximum absolute atomic E-state index is 11.1. The number of nitrogen functional groups attached to an aromatic ring is 1. The number of benzene rings is 1. The Morgan fingerprint density at radius 2 is 2.10 bits per heavy atom. The molecule has 0 unspecified atom stereocenters. The highest BCUT2D eigenvalue weighted by atomic mass is 32.2. The first-order valence-corrected chi connectivity index (χ1v) is 6.53. The largest absolute Gasteiger partial charge is 0.431 e. The highest BCUT2D eigenvalue weighted by Gasteiger charge is 2.09. The van der Waals surface area contributed by atoms with Crippen LogP contribution in [-0.2, 0) is 0 Å². The molecule has 0 saturated carbocycles. The van der Waals surface area contributed by atoms with Gasteiger partial charge in [-0.05, 0) is 36.0 Å². The fraction of sp³-hybridized carbons (Fsp3) is 0. The van der Waals surface area contributed by atoms with Crippen LogP contribution in [0.25, 0.3) is 11.1 Å². The second-order valence-corrected chi connectivity index (χ2v) is 5.07. The smallest absolute Gasteiger partial charge is 0.267 e. The van der Waals surface area contributed by atoms with Crippen LogP contribution in [0.5, 0.6) is 0 Å². The highest BCUT2D eigenvalue weighted by Crippen LogP contribution is 2.30. The molecule has 0 atom stereocenters. The molecule has 20 heavy (non-hydrogen) atoms. The van der Waals surface area contributed by atoms with Gasteiger partial charge in [-0.25, -0.2) is 4.98 Å². The summed E-state index contributed by atoms with van der Waals surface area (Å²) < 4.78 is 5.59. The summed E-state index contributed by atoms with van der Waals surface area (Å²) >= 11 is 1.28. The number of anilines is 1. The lowest BCUT2D eigenvalue weighted by atomic mass is 10.3. The fourth-order valence-corrected chi connectivity index (χ4v) is 2.45. The Morgan fingerprint density at radius 1 is 1.25 bits per heavy atom. The molecule has 1 amide bonds. The summed E-state index contributed by atoms with van der Waals surface area (Å²) in [6, 6.07) is 8.61. The average molecular weight is 286 g/mol. The number of hydrogen-bond donors (Lipinski definition) is 2. The van der Waals surface area contributed by atoms with Gasteiger partial charge in [-0.15, -0.1) is 0 Å². The van der Waals surface area contributed by atoms with Crippen molar-refractivity contribution in [2.24, 2.45) is 5.73 Å². The first-order valence-electron chi connectivity index (χ1n) is 5.71. The zero-order valence-electron chi connectivity index (χ0n) is 10.2. The molecule has 0 aliphatic carbocycles. The van der Waals surface area contributed by atoms with Gasteiger partial charge in [0.05, 0.1) is 0 Å². The third-order valence-corrected chi connectivity index (χ3v) is 3.42. The first-order chi connectivity index (χ1) is 9.61. The van der Waals surface area contributed by atoms with Crippen LogP contribution >= 0.6 is 11.8 Å². The Morgan fingerprint density at radius 3 is 2.90 bits per heavy atom. The lowest BCUT2D eigenvalue weighted by molar-refractivity contribution is 0.0995. The molecule has 6 nitrogen and oxygen atoms in total. The van der Waals surface area contributed by atoms with Gasteiger partial charge in [0.1, 0.15) is 11.2 Å². The number of fused-ring (bicyclic) bond motifs is 1. The van der Waals surface area contributed by atoms with E-state index in [1.807, 2.05) is 0 Å². The van der Waals surface area contributed by atoms with E-state index in [9.17, 15) is 4.79 Å². The van der Waals surface area contributed by atoms with Crippen LogP contribution in [0.3, 0.4) is 0 Å². The molecule has 7 heteroatoms. The van der Waals surface area contributed by atoms with E-state index in [-0.39, 0.29) is 5.69 Å². The number of pyridine rings is 1. The second-order valence-electron chi connectivity index (χ2n) is 4.05. The van der Waals surface area contributed by atoms with Crippen molar-refractivity contribution >= 4 is 34.5 Å². The molecular weight excluding hydrogens is 276 g/mol. The van der Waals surface area contributed by atoms with Crippen LogP contribution in [0, 0.1) is 0 Å². The van der Waals surface area contributed by atoms with Crippen molar-refractivity contribution in [1.29, 1.82) is 0 Å². The van der Waals surface area contributed by atoms with Gasteiger partial charge in [0.15, 0.2) is 5.58 Å². The number of carbonyl (C=O) groups is 1. The van der Waals surface area contributed by atoms with E-state index in [2.05, 4.69) is 9.97 Å². The number of hydrogen-bond acceptors (Lipinski definition) is 6. The summed E-state index contributed by atoms with van der Waals surface area (Å²) in [5.74, 6) is -0.571. The van der Waals surface area contributed by atoms with E-state index >= 15 is 0 Å². The van der Waals surface area contributed by atoms with Gasteiger partial charge in [0.25, 0.3) is 11.1 Å². The van der Waals surface area contributed by atoms with E-state index in [4.69, 9.17) is 15.9 Å². The van der Waals surface area contributed by atoms with Crippen LogP contribution in [-0.4, -0.2) is 15.9 Å². The summed E-state index contributed by atoms with van der Waals surface area (Å²) in [6.07, 6.45) is 1.52. The minimum atomic E-state index is -0.571. The Kier molecular flexibility index (Phi) is 3.03. The van der Waals surface area contributed by atoms with Gasteiger partial charge in [-0.2, -0.15) is 0 Å². The van der Waals surface area contributed by atoms with Crippen molar-refractivity contribution in [2.75, 3.05) is 5.73 Å². The molecule has 0 saturated heterocycles. The number of nitrogens with zero attached hydrogens (tertiary/aromatic N) is 2. The predicted octanol–water partition coefficient (Wildman–Crippen LogP) is 2.06. The number of nitrogens with two attached hydrogens (primary N) is 2. The van der Waals surface area contributed by atoms with E-state index in [1.54, 1.807) is 30.3 Å². The lowest BCUT2D eigenvalue weighted by Gasteiger charge is -1.98. The summed E-state index contributed by atoms with van der Waals surface area (Å²) in [6.45, 7) is 0. The molecule has 4 N–H and O–H groups in total. The average Bonchev–Trinajstić information content (AvgIpc) is 2.80. The van der Waals surface area contributed by atoms with Gasteiger partial charge in [0, 0.05) is 22.8 Å². The molecule has 2 aromatic heterocycles. The van der Waals surface area contributed by atoms with Crippen LogP contribution in [0.4, 0.5) is 5.69 Å². The molecule has 1 aromatic carbocycles. The Balaban J connectivity index is 1.92. The van der Waals surface area contributed by atoms with Crippen LogP contribution < -0.4 is 11.5 Å². The third kappa shape index (κ3) is 2.43. The molecule has 2 heterocycles. The van der Waals surface area contributed by atoms with Gasteiger partial charge in [-0.1, -0.05) is 0 Å².